The van der Waals surface area contributed by atoms with E-state index in [0.29, 0.717) is 0 Å². The van der Waals surface area contributed by atoms with Crippen molar-refractivity contribution in [3.8, 4) is 33.4 Å². The van der Waals surface area contributed by atoms with Gasteiger partial charge in [-0.1, -0.05) is 133 Å². The summed E-state index contributed by atoms with van der Waals surface area (Å²) in [6, 6.07) is 73.4. The Hall–Kier alpha value is -6.52. The summed E-state index contributed by atoms with van der Waals surface area (Å²) in [5, 5.41) is 7.79. The van der Waals surface area contributed by atoms with Gasteiger partial charge < -0.3 is 4.90 Å². The highest BCUT2D eigenvalue weighted by atomic mass is 32.1. The second kappa shape index (κ2) is 13.1. The smallest absolute Gasteiger partial charge is 0.0467 e. The molecule has 0 unspecified atom stereocenters. The molecule has 11 rings (SSSR count). The van der Waals surface area contributed by atoms with E-state index in [1.54, 1.807) is 0 Å². The van der Waals surface area contributed by atoms with Gasteiger partial charge in [0.25, 0.3) is 0 Å². The quantitative estimate of drug-likeness (QED) is 0.164. The number of hydrogen-bond acceptors (Lipinski definition) is 3. The Kier molecular flexibility index (Phi) is 7.61. The maximum atomic E-state index is 2.39. The van der Waals surface area contributed by atoms with Gasteiger partial charge in [-0.2, -0.15) is 0 Å². The fraction of sp³-hybridized carbons (Fsp3) is 0. The van der Waals surface area contributed by atoms with Crippen LogP contribution >= 0.6 is 22.7 Å². The molecule has 0 bridgehead atoms. The van der Waals surface area contributed by atoms with Crippen molar-refractivity contribution in [3.63, 3.8) is 0 Å². The molecular formula is C52H33NS2. The molecule has 0 radical (unpaired) electrons. The van der Waals surface area contributed by atoms with Crippen molar-refractivity contribution in [3.05, 3.63) is 200 Å². The molecule has 258 valence electrons. The number of nitrogens with zero attached hydrogens (tertiary/aromatic N) is 1. The minimum Gasteiger partial charge on any atom is -0.310 e. The first kappa shape index (κ1) is 32.0. The van der Waals surface area contributed by atoms with Crippen LogP contribution in [0.3, 0.4) is 0 Å². The van der Waals surface area contributed by atoms with Crippen LogP contribution in [0.2, 0.25) is 0 Å². The van der Waals surface area contributed by atoms with E-state index in [1.165, 1.54) is 84.5 Å². The molecule has 0 fully saturated rings. The first-order chi connectivity index (χ1) is 27.2. The minimum absolute atomic E-state index is 1.11. The number of hydrogen-bond donors (Lipinski definition) is 0. The van der Waals surface area contributed by atoms with Gasteiger partial charge in [-0.15, -0.1) is 22.7 Å². The molecule has 0 spiro atoms. The van der Waals surface area contributed by atoms with Crippen LogP contribution in [0, 0.1) is 0 Å². The lowest BCUT2D eigenvalue weighted by atomic mass is 10.00. The van der Waals surface area contributed by atoms with E-state index in [-0.39, 0.29) is 0 Å². The van der Waals surface area contributed by atoms with E-state index < -0.39 is 0 Å². The zero-order valence-corrected chi connectivity index (χ0v) is 31.4. The summed E-state index contributed by atoms with van der Waals surface area (Å²) in [7, 11) is 0. The summed E-state index contributed by atoms with van der Waals surface area (Å²) in [5.74, 6) is 0. The first-order valence-corrected chi connectivity index (χ1v) is 20.3. The fourth-order valence-electron chi connectivity index (χ4n) is 8.11. The van der Waals surface area contributed by atoms with Gasteiger partial charge in [-0.05, 0) is 111 Å². The zero-order valence-electron chi connectivity index (χ0n) is 29.8. The summed E-state index contributed by atoms with van der Waals surface area (Å²) in [6.07, 6.45) is 0. The Labute approximate surface area is 327 Å². The molecule has 1 nitrogen and oxygen atoms in total. The predicted octanol–water partition coefficient (Wildman–Crippen LogP) is 16.0. The lowest BCUT2D eigenvalue weighted by molar-refractivity contribution is 1.28. The van der Waals surface area contributed by atoms with E-state index in [0.717, 1.165) is 17.1 Å². The van der Waals surface area contributed by atoms with Crippen LogP contribution in [-0.2, 0) is 0 Å². The van der Waals surface area contributed by atoms with Crippen LogP contribution in [0.1, 0.15) is 0 Å². The van der Waals surface area contributed by atoms with E-state index in [4.69, 9.17) is 0 Å². The molecule has 0 atom stereocenters. The van der Waals surface area contributed by atoms with Crippen molar-refractivity contribution >= 4 is 90.9 Å². The molecule has 9 aromatic carbocycles. The van der Waals surface area contributed by atoms with Gasteiger partial charge in [0.05, 0.1) is 0 Å². The Balaban J connectivity index is 1.01. The van der Waals surface area contributed by atoms with Crippen molar-refractivity contribution < 1.29 is 0 Å². The van der Waals surface area contributed by atoms with E-state index in [2.05, 4.69) is 205 Å². The third-order valence-corrected chi connectivity index (χ3v) is 13.2. The van der Waals surface area contributed by atoms with Gasteiger partial charge in [0, 0.05) is 57.4 Å². The molecule has 0 N–H and O–H groups in total. The summed E-state index contributed by atoms with van der Waals surface area (Å²) in [4.78, 5) is 2.39. The van der Waals surface area contributed by atoms with Gasteiger partial charge in [0.15, 0.2) is 0 Å². The number of fused-ring (bicyclic) bond motifs is 7. The summed E-state index contributed by atoms with van der Waals surface area (Å²) < 4.78 is 5.30. The third kappa shape index (κ3) is 5.60. The Morgan fingerprint density at radius 1 is 0.291 bits per heavy atom. The van der Waals surface area contributed by atoms with Gasteiger partial charge in [0.1, 0.15) is 0 Å². The topological polar surface area (TPSA) is 3.24 Å². The largest absolute Gasteiger partial charge is 0.310 e. The molecule has 2 heterocycles. The van der Waals surface area contributed by atoms with Crippen LogP contribution in [0.4, 0.5) is 17.1 Å². The van der Waals surface area contributed by atoms with E-state index in [1.807, 2.05) is 22.7 Å². The van der Waals surface area contributed by atoms with Gasteiger partial charge in [-0.25, -0.2) is 0 Å². The van der Waals surface area contributed by atoms with Crippen LogP contribution in [0.25, 0.3) is 84.5 Å². The van der Waals surface area contributed by atoms with Gasteiger partial charge in [0.2, 0.25) is 0 Å². The molecule has 11 aromatic rings. The van der Waals surface area contributed by atoms with Crippen LogP contribution < -0.4 is 4.90 Å². The molecule has 0 amide bonds. The minimum atomic E-state index is 1.11. The Bertz CT molecular complexity index is 3200. The van der Waals surface area contributed by atoms with Crippen molar-refractivity contribution in [1.29, 1.82) is 0 Å². The van der Waals surface area contributed by atoms with Crippen molar-refractivity contribution in [1.82, 2.24) is 0 Å². The van der Waals surface area contributed by atoms with Crippen LogP contribution in [0.5, 0.6) is 0 Å². The molecule has 0 aliphatic heterocycles. The average Bonchev–Trinajstić information content (AvgIpc) is 3.82. The fourth-order valence-corrected chi connectivity index (χ4v) is 10.4. The normalized spacial score (nSPS) is 11.6. The lowest BCUT2D eigenvalue weighted by Gasteiger charge is -2.26. The maximum absolute atomic E-state index is 2.39. The molecule has 0 aliphatic carbocycles. The summed E-state index contributed by atoms with van der Waals surface area (Å²) >= 11 is 3.74. The molecule has 3 heteroatoms. The molecule has 0 aliphatic rings. The zero-order chi connectivity index (χ0) is 36.3. The Morgan fingerprint density at radius 3 is 1.62 bits per heavy atom. The lowest BCUT2D eigenvalue weighted by Crippen LogP contribution is -2.10. The van der Waals surface area contributed by atoms with Crippen molar-refractivity contribution in [2.24, 2.45) is 0 Å². The third-order valence-electron chi connectivity index (χ3n) is 10.9. The number of thiophene rings is 2. The Morgan fingerprint density at radius 2 is 0.855 bits per heavy atom. The van der Waals surface area contributed by atoms with Crippen molar-refractivity contribution in [2.75, 3.05) is 4.90 Å². The predicted molar refractivity (Wildman–Crippen MR) is 241 cm³/mol. The second-order valence-corrected chi connectivity index (χ2v) is 16.3. The molecule has 2 aromatic heterocycles. The molecular weight excluding hydrogens is 703 g/mol. The highest BCUT2D eigenvalue weighted by molar-refractivity contribution is 7.26. The van der Waals surface area contributed by atoms with Gasteiger partial charge >= 0.3 is 0 Å². The van der Waals surface area contributed by atoms with Crippen molar-refractivity contribution in [2.45, 2.75) is 0 Å². The van der Waals surface area contributed by atoms with Crippen LogP contribution in [-0.4, -0.2) is 0 Å². The SMILES string of the molecule is c1cc(-c2cccc3c2sc2ccccc23)cc(N(c2ccc(-c3ccc4ccccc4c3)cc2)c2ccc(-c3ccc4sc5ccccc5c4c3)cc2)c1. The molecule has 0 saturated heterocycles. The number of rotatable bonds is 6. The maximum Gasteiger partial charge on any atom is 0.0467 e. The van der Waals surface area contributed by atoms with Gasteiger partial charge in [-0.3, -0.25) is 0 Å². The summed E-state index contributed by atoms with van der Waals surface area (Å²) in [6.45, 7) is 0. The molecule has 0 saturated carbocycles. The monoisotopic (exact) mass is 735 g/mol. The second-order valence-electron chi connectivity index (χ2n) is 14.1. The highest BCUT2D eigenvalue weighted by Crippen LogP contribution is 2.43. The first-order valence-electron chi connectivity index (χ1n) is 18.7. The number of anilines is 3. The standard InChI is InChI=1S/C52H33NS2/c1-2-10-37-31-38(20-19-34(37)9-1)35-21-26-41(27-22-35)53(42-28-23-36(24-29-42)39-25-30-51-48(33-39)46-14-4-5-17-49(46)54-51)43-12-7-11-40(32-43)44-15-8-16-47-45-13-3-6-18-50(45)55-52(44)47/h1-33H. The van der Waals surface area contributed by atoms with E-state index in [9.17, 15) is 0 Å². The molecule has 55 heavy (non-hydrogen) atoms. The average molecular weight is 736 g/mol. The number of benzene rings is 9. The van der Waals surface area contributed by atoms with E-state index >= 15 is 0 Å². The summed E-state index contributed by atoms with van der Waals surface area (Å²) in [5.41, 5.74) is 10.7. The highest BCUT2D eigenvalue weighted by Gasteiger charge is 2.17. The van der Waals surface area contributed by atoms with Crippen LogP contribution in [0.15, 0.2) is 200 Å².